The number of nitrogens with two attached hydrogens (primary N) is 1. The van der Waals surface area contributed by atoms with Crippen LogP contribution in [0.3, 0.4) is 0 Å². The van der Waals surface area contributed by atoms with Gasteiger partial charge >= 0.3 is 0 Å². The number of nitrogens with one attached hydrogen (secondary N) is 1. The molecule has 0 atom stereocenters. The first kappa shape index (κ1) is 22.4. The Balaban J connectivity index is 1.59. The molecule has 31 heavy (non-hydrogen) atoms. The van der Waals surface area contributed by atoms with Crippen molar-refractivity contribution in [3.05, 3.63) is 82.1 Å². The van der Waals surface area contributed by atoms with Gasteiger partial charge in [-0.15, -0.1) is 0 Å². The summed E-state index contributed by atoms with van der Waals surface area (Å²) in [5.74, 6) is -0.339. The van der Waals surface area contributed by atoms with E-state index >= 15 is 0 Å². The molecule has 0 saturated heterocycles. The van der Waals surface area contributed by atoms with Crippen LogP contribution in [0.15, 0.2) is 70.4 Å². The lowest BCUT2D eigenvalue weighted by Crippen LogP contribution is -2.34. The lowest BCUT2D eigenvalue weighted by molar-refractivity contribution is -0.121. The number of sulfonamides is 1. The third-order valence-electron chi connectivity index (χ3n) is 4.81. The molecule has 0 unspecified atom stereocenters. The highest BCUT2D eigenvalue weighted by molar-refractivity contribution is 7.89. The second-order valence-electron chi connectivity index (χ2n) is 7.05. The zero-order valence-corrected chi connectivity index (χ0v) is 17.9. The molecule has 0 spiro atoms. The predicted octanol–water partition coefficient (Wildman–Crippen LogP) is 1.48. The Morgan fingerprint density at radius 3 is 2.26 bits per heavy atom. The second-order valence-corrected chi connectivity index (χ2v) is 8.62. The maximum atomic E-state index is 12.3. The van der Waals surface area contributed by atoms with E-state index < -0.39 is 10.0 Å². The van der Waals surface area contributed by atoms with E-state index in [1.54, 1.807) is 18.2 Å². The molecular weight excluding hydrogens is 416 g/mol. The largest absolute Gasteiger partial charge is 0.354 e. The minimum Gasteiger partial charge on any atom is -0.354 e. The normalized spacial score (nSPS) is 11.3. The van der Waals surface area contributed by atoms with Gasteiger partial charge in [-0.2, -0.15) is 5.10 Å². The molecule has 9 heteroatoms. The highest BCUT2D eigenvalue weighted by atomic mass is 32.2. The van der Waals surface area contributed by atoms with Crippen molar-refractivity contribution in [1.82, 2.24) is 15.1 Å². The number of aryl methyl sites for hydroxylation is 1. The third kappa shape index (κ3) is 6.09. The Hall–Kier alpha value is -3.30. The summed E-state index contributed by atoms with van der Waals surface area (Å²) in [5, 5.41) is 12.1. The summed E-state index contributed by atoms with van der Waals surface area (Å²) in [7, 11) is -3.73. The third-order valence-corrected chi connectivity index (χ3v) is 5.73. The molecule has 0 aliphatic heterocycles. The Labute approximate surface area is 180 Å². The SMILES string of the molecule is CCc1ccc(-c2ccc(=O)n(CC(=O)NCCc3ccc(S(N)(=O)=O)cc3)n2)cc1. The molecule has 1 aromatic heterocycles. The average Bonchev–Trinajstić information content (AvgIpc) is 2.75. The number of hydrogen-bond acceptors (Lipinski definition) is 5. The molecule has 0 radical (unpaired) electrons. The maximum absolute atomic E-state index is 12.3. The van der Waals surface area contributed by atoms with Crippen LogP contribution >= 0.6 is 0 Å². The van der Waals surface area contributed by atoms with Gasteiger partial charge in [0.1, 0.15) is 6.54 Å². The van der Waals surface area contributed by atoms with Gasteiger partial charge in [0.15, 0.2) is 0 Å². The number of carbonyl (C=O) groups excluding carboxylic acids is 1. The molecule has 0 bridgehead atoms. The topological polar surface area (TPSA) is 124 Å². The van der Waals surface area contributed by atoms with E-state index in [1.165, 1.54) is 23.8 Å². The number of benzene rings is 2. The molecule has 0 aliphatic carbocycles. The zero-order valence-electron chi connectivity index (χ0n) is 17.1. The molecule has 3 rings (SSSR count). The van der Waals surface area contributed by atoms with E-state index in [9.17, 15) is 18.0 Å². The zero-order chi connectivity index (χ0) is 22.4. The molecule has 0 saturated carbocycles. The first-order valence-corrected chi connectivity index (χ1v) is 11.4. The molecule has 2 aromatic carbocycles. The number of rotatable bonds is 8. The Morgan fingerprint density at radius 2 is 1.65 bits per heavy atom. The van der Waals surface area contributed by atoms with E-state index in [4.69, 9.17) is 5.14 Å². The molecular formula is C22H24N4O4S. The van der Waals surface area contributed by atoms with Gasteiger partial charge in [-0.25, -0.2) is 18.2 Å². The van der Waals surface area contributed by atoms with E-state index in [1.807, 2.05) is 24.3 Å². The van der Waals surface area contributed by atoms with Gasteiger partial charge in [0.25, 0.3) is 5.56 Å². The Kier molecular flexibility index (Phi) is 6.98. The number of nitrogens with zero attached hydrogens (tertiary/aromatic N) is 2. The molecule has 1 heterocycles. The van der Waals surface area contributed by atoms with Gasteiger partial charge in [-0.3, -0.25) is 9.59 Å². The lowest BCUT2D eigenvalue weighted by atomic mass is 10.1. The van der Waals surface area contributed by atoms with Crippen LogP contribution in [0.5, 0.6) is 0 Å². The summed E-state index contributed by atoms with van der Waals surface area (Å²) < 4.78 is 23.7. The lowest BCUT2D eigenvalue weighted by Gasteiger charge is -2.09. The number of carbonyl (C=O) groups is 1. The number of aromatic nitrogens is 2. The van der Waals surface area contributed by atoms with Crippen molar-refractivity contribution in [2.24, 2.45) is 5.14 Å². The van der Waals surface area contributed by atoms with Crippen LogP contribution in [0.2, 0.25) is 0 Å². The molecule has 8 nitrogen and oxygen atoms in total. The maximum Gasteiger partial charge on any atom is 0.267 e. The number of hydrogen-bond donors (Lipinski definition) is 2. The smallest absolute Gasteiger partial charge is 0.267 e. The second kappa shape index (κ2) is 9.67. The minimum absolute atomic E-state index is 0.0370. The van der Waals surface area contributed by atoms with Crippen molar-refractivity contribution in [3.8, 4) is 11.3 Å². The van der Waals surface area contributed by atoms with Crippen LogP contribution in [0.4, 0.5) is 0 Å². The standard InChI is InChI=1S/C22H24N4O4S/c1-2-16-3-7-18(8-4-16)20-11-12-22(28)26(25-20)15-21(27)24-14-13-17-5-9-19(10-6-17)31(23,29)30/h3-12H,2,13-15H2,1H3,(H,24,27)(H2,23,29,30). The van der Waals surface area contributed by atoms with Crippen molar-refractivity contribution in [2.45, 2.75) is 31.2 Å². The average molecular weight is 441 g/mol. The highest BCUT2D eigenvalue weighted by Crippen LogP contribution is 2.16. The van der Waals surface area contributed by atoms with E-state index in [0.717, 1.165) is 22.2 Å². The van der Waals surface area contributed by atoms with Crippen molar-refractivity contribution < 1.29 is 13.2 Å². The summed E-state index contributed by atoms with van der Waals surface area (Å²) in [6, 6.07) is 17.1. The molecule has 0 fully saturated rings. The van der Waals surface area contributed by atoms with Crippen molar-refractivity contribution in [1.29, 1.82) is 0 Å². The van der Waals surface area contributed by atoms with Gasteiger partial charge < -0.3 is 5.32 Å². The summed E-state index contributed by atoms with van der Waals surface area (Å²) in [5.41, 5.74) is 3.18. The molecule has 0 aliphatic rings. The molecule has 1 amide bonds. The van der Waals surface area contributed by atoms with E-state index in [-0.39, 0.29) is 22.9 Å². The Morgan fingerprint density at radius 1 is 1.00 bits per heavy atom. The summed E-state index contributed by atoms with van der Waals surface area (Å²) in [4.78, 5) is 24.4. The van der Waals surface area contributed by atoms with Crippen molar-refractivity contribution in [2.75, 3.05) is 6.54 Å². The van der Waals surface area contributed by atoms with Crippen LogP contribution < -0.4 is 16.0 Å². The quantitative estimate of drug-likeness (QED) is 0.549. The molecule has 3 aromatic rings. The van der Waals surface area contributed by atoms with Crippen LogP contribution in [-0.4, -0.2) is 30.7 Å². The fourth-order valence-corrected chi connectivity index (χ4v) is 3.53. The fourth-order valence-electron chi connectivity index (χ4n) is 3.01. The Bertz CT molecular complexity index is 1220. The first-order chi connectivity index (χ1) is 14.8. The molecule has 162 valence electrons. The highest BCUT2D eigenvalue weighted by Gasteiger charge is 2.09. The van der Waals surface area contributed by atoms with Gasteiger partial charge in [-0.05, 0) is 42.2 Å². The van der Waals surface area contributed by atoms with Crippen LogP contribution in [0.25, 0.3) is 11.3 Å². The number of primary sulfonamides is 1. The van der Waals surface area contributed by atoms with Gasteiger partial charge in [0.05, 0.1) is 10.6 Å². The monoisotopic (exact) mass is 440 g/mol. The minimum atomic E-state index is -3.73. The summed E-state index contributed by atoms with van der Waals surface area (Å²) in [6.07, 6.45) is 1.44. The number of amides is 1. The first-order valence-electron chi connectivity index (χ1n) is 9.82. The van der Waals surface area contributed by atoms with Crippen LogP contribution in [0.1, 0.15) is 18.1 Å². The van der Waals surface area contributed by atoms with Crippen molar-refractivity contribution in [3.63, 3.8) is 0 Å². The van der Waals surface area contributed by atoms with E-state index in [0.29, 0.717) is 18.7 Å². The van der Waals surface area contributed by atoms with Gasteiger partial charge in [0.2, 0.25) is 15.9 Å². The summed E-state index contributed by atoms with van der Waals surface area (Å²) in [6.45, 7) is 2.22. The predicted molar refractivity (Wildman–Crippen MR) is 118 cm³/mol. The van der Waals surface area contributed by atoms with E-state index in [2.05, 4.69) is 17.3 Å². The van der Waals surface area contributed by atoms with Gasteiger partial charge in [0, 0.05) is 18.2 Å². The van der Waals surface area contributed by atoms with Gasteiger partial charge in [-0.1, -0.05) is 43.3 Å². The molecule has 3 N–H and O–H groups in total. The van der Waals surface area contributed by atoms with Crippen LogP contribution in [0, 0.1) is 0 Å². The fraction of sp³-hybridized carbons (Fsp3) is 0.227. The summed E-state index contributed by atoms with van der Waals surface area (Å²) >= 11 is 0. The van der Waals surface area contributed by atoms with Crippen molar-refractivity contribution >= 4 is 15.9 Å². The van der Waals surface area contributed by atoms with Crippen LogP contribution in [-0.2, 0) is 34.2 Å².